The molecule has 3 aromatic rings. The van der Waals surface area contributed by atoms with Gasteiger partial charge in [0.1, 0.15) is 5.82 Å². The molecule has 3 N–H and O–H groups in total. The second kappa shape index (κ2) is 9.70. The van der Waals surface area contributed by atoms with Crippen molar-refractivity contribution in [1.82, 2.24) is 14.9 Å². The minimum atomic E-state index is -2.07. The average Bonchev–Trinajstić information content (AvgIpc) is 3.52. The van der Waals surface area contributed by atoms with Crippen LogP contribution >= 0.6 is 0 Å². The predicted molar refractivity (Wildman–Crippen MR) is 144 cm³/mol. The highest BCUT2D eigenvalue weighted by molar-refractivity contribution is 6.10. The van der Waals surface area contributed by atoms with Gasteiger partial charge in [0.2, 0.25) is 5.91 Å². The summed E-state index contributed by atoms with van der Waals surface area (Å²) in [5.74, 6) is -0.701. The molecule has 198 valence electrons. The minimum Gasteiger partial charge on any atom is -0.356 e. The van der Waals surface area contributed by atoms with Gasteiger partial charge in [-0.3, -0.25) is 14.4 Å². The summed E-state index contributed by atoms with van der Waals surface area (Å²) in [6, 6.07) is 12.9. The molecule has 9 heteroatoms. The molecule has 2 aliphatic rings. The highest BCUT2D eigenvalue weighted by Crippen LogP contribution is 2.44. The normalized spacial score (nSPS) is 19.3. The zero-order valence-electron chi connectivity index (χ0n) is 21.9. The zero-order valence-corrected chi connectivity index (χ0v) is 21.9. The van der Waals surface area contributed by atoms with Gasteiger partial charge in [0.15, 0.2) is 11.5 Å². The number of nitrogens with one attached hydrogen (secondary N) is 3. The van der Waals surface area contributed by atoms with Gasteiger partial charge < -0.3 is 20.5 Å². The molecule has 0 radical (unpaired) electrons. The summed E-state index contributed by atoms with van der Waals surface area (Å²) in [5, 5.41) is 5.91. The lowest BCUT2D eigenvalue weighted by Gasteiger charge is -2.35. The van der Waals surface area contributed by atoms with Crippen LogP contribution in [-0.4, -0.2) is 51.2 Å². The molecule has 1 fully saturated rings. The Labute approximate surface area is 221 Å². The van der Waals surface area contributed by atoms with Crippen LogP contribution in [-0.2, 0) is 16.0 Å². The third kappa shape index (κ3) is 4.92. The summed E-state index contributed by atoms with van der Waals surface area (Å²) in [7, 11) is 0. The van der Waals surface area contributed by atoms with E-state index in [4.69, 9.17) is 0 Å². The summed E-state index contributed by atoms with van der Waals surface area (Å²) in [6.07, 6.45) is 4.01. The third-order valence-electron chi connectivity index (χ3n) is 7.26. The predicted octanol–water partition coefficient (Wildman–Crippen LogP) is 5.26. The number of hydrogen-bond acceptors (Lipinski definition) is 5. The number of carbonyl (C=O) groups is 3. The highest BCUT2D eigenvalue weighted by atomic mass is 19.1. The van der Waals surface area contributed by atoms with Gasteiger partial charge in [0, 0.05) is 49.1 Å². The Kier molecular flexibility index (Phi) is 6.54. The molecule has 1 atom stereocenters. The van der Waals surface area contributed by atoms with E-state index in [-0.39, 0.29) is 23.9 Å². The molecular formula is C29H32FN5O3. The fourth-order valence-electron chi connectivity index (χ4n) is 5.27. The van der Waals surface area contributed by atoms with Gasteiger partial charge in [-0.25, -0.2) is 9.37 Å². The third-order valence-corrected chi connectivity index (χ3v) is 7.26. The van der Waals surface area contributed by atoms with Crippen molar-refractivity contribution >= 4 is 34.8 Å². The molecule has 1 saturated heterocycles. The second-order valence-electron chi connectivity index (χ2n) is 10.9. The molecule has 0 bridgehead atoms. The Morgan fingerprint density at radius 3 is 2.50 bits per heavy atom. The maximum Gasteiger partial charge on any atom is 0.262 e. The van der Waals surface area contributed by atoms with Crippen molar-refractivity contribution in [1.29, 1.82) is 0 Å². The standard InChI is InChI=1S/C29H32FN5O3/c1-28(2,30)26(37)34-22-15-18(11-12-31-22)24-25(32-19-9-5-4-6-10-19)23-20(33-24)16-29(3,17-21(23)36)27(38)35-13-7-8-14-35/h4-6,9-12,15,32-33H,7-8,13-14,16-17H2,1-3H3,(H,31,34,37). The van der Waals surface area contributed by atoms with Crippen LogP contribution in [0.25, 0.3) is 11.3 Å². The maximum atomic E-state index is 14.1. The van der Waals surface area contributed by atoms with Crippen molar-refractivity contribution < 1.29 is 18.8 Å². The summed E-state index contributed by atoms with van der Waals surface area (Å²) in [5.41, 5.74) is 1.00. The number of H-pyrrole nitrogens is 1. The highest BCUT2D eigenvalue weighted by Gasteiger charge is 2.45. The lowest BCUT2D eigenvalue weighted by Crippen LogP contribution is -2.45. The lowest BCUT2D eigenvalue weighted by molar-refractivity contribution is -0.140. The number of nitrogens with zero attached hydrogens (tertiary/aromatic N) is 2. The van der Waals surface area contributed by atoms with Gasteiger partial charge >= 0.3 is 0 Å². The van der Waals surface area contributed by atoms with Gasteiger partial charge in [-0.1, -0.05) is 18.2 Å². The lowest BCUT2D eigenvalue weighted by atomic mass is 9.73. The number of hydrogen-bond donors (Lipinski definition) is 3. The molecule has 0 saturated carbocycles. The van der Waals surface area contributed by atoms with Crippen LogP contribution in [0.1, 0.15) is 56.1 Å². The number of benzene rings is 1. The molecule has 38 heavy (non-hydrogen) atoms. The molecular weight excluding hydrogens is 485 g/mol. The number of carbonyl (C=O) groups excluding carboxylic acids is 3. The molecule has 0 spiro atoms. The largest absolute Gasteiger partial charge is 0.356 e. The smallest absolute Gasteiger partial charge is 0.262 e. The summed E-state index contributed by atoms with van der Waals surface area (Å²) >= 11 is 0. The number of ketones is 1. The van der Waals surface area contributed by atoms with Gasteiger partial charge in [0.25, 0.3) is 5.91 Å². The number of para-hydroxylation sites is 1. The number of aromatic amines is 1. The molecule has 3 heterocycles. The van der Waals surface area contributed by atoms with Gasteiger partial charge in [0.05, 0.1) is 22.4 Å². The zero-order chi connectivity index (χ0) is 27.1. The van der Waals surface area contributed by atoms with Crippen molar-refractivity contribution in [3.8, 4) is 11.3 Å². The van der Waals surface area contributed by atoms with Crippen molar-refractivity contribution in [3.05, 3.63) is 59.9 Å². The Morgan fingerprint density at radius 2 is 1.82 bits per heavy atom. The van der Waals surface area contributed by atoms with E-state index >= 15 is 0 Å². The van der Waals surface area contributed by atoms with Crippen molar-refractivity contribution in [3.63, 3.8) is 0 Å². The summed E-state index contributed by atoms with van der Waals surface area (Å²) in [6.45, 7) is 5.69. The van der Waals surface area contributed by atoms with Gasteiger partial charge in [-0.05, 0) is 57.9 Å². The monoisotopic (exact) mass is 517 g/mol. The first-order valence-electron chi connectivity index (χ1n) is 12.9. The quantitative estimate of drug-likeness (QED) is 0.413. The van der Waals surface area contributed by atoms with E-state index in [2.05, 4.69) is 20.6 Å². The molecule has 2 aromatic heterocycles. The number of anilines is 3. The number of amides is 2. The number of pyridine rings is 1. The first-order chi connectivity index (χ1) is 18.0. The minimum absolute atomic E-state index is 0.0189. The molecule has 1 aliphatic heterocycles. The van der Waals surface area contributed by atoms with Crippen LogP contribution in [0.3, 0.4) is 0 Å². The van der Waals surface area contributed by atoms with Crippen LogP contribution in [0.4, 0.5) is 21.6 Å². The molecule has 2 amide bonds. The van der Waals surface area contributed by atoms with E-state index in [0.29, 0.717) is 34.6 Å². The number of Topliss-reactive ketones (excluding diaryl/α,β-unsaturated/α-hetero) is 1. The topological polar surface area (TPSA) is 107 Å². The Morgan fingerprint density at radius 1 is 1.11 bits per heavy atom. The second-order valence-corrected chi connectivity index (χ2v) is 10.9. The fourth-order valence-corrected chi connectivity index (χ4v) is 5.27. The number of alkyl halides is 1. The first kappa shape index (κ1) is 25.6. The van der Waals surface area contributed by atoms with Gasteiger partial charge in [-0.15, -0.1) is 0 Å². The van der Waals surface area contributed by atoms with Crippen LogP contribution < -0.4 is 10.6 Å². The van der Waals surface area contributed by atoms with E-state index in [1.807, 2.05) is 42.2 Å². The first-order valence-corrected chi connectivity index (χ1v) is 12.9. The van der Waals surface area contributed by atoms with E-state index in [1.54, 1.807) is 12.1 Å². The van der Waals surface area contributed by atoms with Crippen LogP contribution in [0.5, 0.6) is 0 Å². The number of rotatable bonds is 6. The molecule has 5 rings (SSSR count). The summed E-state index contributed by atoms with van der Waals surface area (Å²) < 4.78 is 14.1. The summed E-state index contributed by atoms with van der Waals surface area (Å²) in [4.78, 5) is 48.7. The Hall–Kier alpha value is -4.01. The molecule has 1 aromatic carbocycles. The van der Waals surface area contributed by atoms with E-state index in [1.165, 1.54) is 20.0 Å². The number of likely N-dealkylation sites (tertiary alicyclic amines) is 1. The molecule has 8 nitrogen and oxygen atoms in total. The van der Waals surface area contributed by atoms with Gasteiger partial charge in [-0.2, -0.15) is 0 Å². The van der Waals surface area contributed by atoms with Crippen LogP contribution in [0, 0.1) is 5.41 Å². The Bertz CT molecular complexity index is 1390. The SMILES string of the molecule is CC(C)(F)C(=O)Nc1cc(-c2[nH]c3c(c2Nc2ccccc2)C(=O)CC(C)(C(=O)N2CCCC2)C3)ccn1. The van der Waals surface area contributed by atoms with Crippen molar-refractivity contribution in [2.45, 2.75) is 52.1 Å². The molecule has 1 aliphatic carbocycles. The average molecular weight is 518 g/mol. The maximum absolute atomic E-state index is 14.1. The molecule has 1 unspecified atom stereocenters. The van der Waals surface area contributed by atoms with E-state index in [9.17, 15) is 18.8 Å². The van der Waals surface area contributed by atoms with E-state index < -0.39 is 17.0 Å². The number of halogens is 1. The number of fused-ring (bicyclic) bond motifs is 1. The van der Waals surface area contributed by atoms with Crippen molar-refractivity contribution in [2.24, 2.45) is 5.41 Å². The fraction of sp³-hybridized carbons (Fsp3) is 0.379. The van der Waals surface area contributed by atoms with Crippen molar-refractivity contribution in [2.75, 3.05) is 23.7 Å². The van der Waals surface area contributed by atoms with Crippen LogP contribution in [0.2, 0.25) is 0 Å². The van der Waals surface area contributed by atoms with E-state index in [0.717, 1.165) is 31.6 Å². The number of aromatic nitrogens is 2. The van der Waals surface area contributed by atoms with Crippen LogP contribution in [0.15, 0.2) is 48.7 Å². The Balaban J connectivity index is 1.56.